The smallest absolute Gasteiger partial charge is 0.0656 e. The lowest BCUT2D eigenvalue weighted by Crippen LogP contribution is -2.44. The van der Waals surface area contributed by atoms with Gasteiger partial charge in [0, 0.05) is 6.54 Å². The molecule has 0 saturated carbocycles. The second-order valence-electron chi connectivity index (χ2n) is 7.29. The molecule has 0 aliphatic carbocycles. The Labute approximate surface area is 129 Å². The molecule has 1 saturated heterocycles. The van der Waals surface area contributed by atoms with E-state index < -0.39 is 5.54 Å². The average molecular weight is 290 g/mol. The number of hydrogen-bond acceptors (Lipinski definition) is 3. The van der Waals surface area contributed by atoms with Crippen LogP contribution in [0.2, 0.25) is 0 Å². The molecule has 1 heterocycles. The first kappa shape index (κ1) is 16.5. The highest BCUT2D eigenvalue weighted by Gasteiger charge is 2.28. The Bertz CT molecular complexity index is 432. The maximum atomic E-state index is 9.76. The van der Waals surface area contributed by atoms with E-state index in [1.54, 1.807) is 0 Å². The van der Waals surface area contributed by atoms with Crippen molar-refractivity contribution in [1.29, 1.82) is 0 Å². The molecule has 3 N–H and O–H groups in total. The van der Waals surface area contributed by atoms with E-state index in [1.165, 1.54) is 19.3 Å². The molecule has 1 aromatic rings. The van der Waals surface area contributed by atoms with Gasteiger partial charge in [0.15, 0.2) is 0 Å². The van der Waals surface area contributed by atoms with Crippen molar-refractivity contribution in [3.63, 3.8) is 0 Å². The predicted octanol–water partition coefficient (Wildman–Crippen LogP) is 2.74. The fourth-order valence-corrected chi connectivity index (χ4v) is 3.14. The molecule has 2 rings (SSSR count). The maximum Gasteiger partial charge on any atom is 0.0656 e. The van der Waals surface area contributed by atoms with E-state index in [2.05, 4.69) is 18.7 Å². The lowest BCUT2D eigenvalue weighted by atomic mass is 9.85. The van der Waals surface area contributed by atoms with Crippen LogP contribution in [0.15, 0.2) is 30.3 Å². The van der Waals surface area contributed by atoms with Gasteiger partial charge in [0.05, 0.1) is 12.1 Å². The minimum absolute atomic E-state index is 0.00362. The average Bonchev–Trinajstić information content (AvgIpc) is 2.66. The third-order valence-corrected chi connectivity index (χ3v) is 4.94. The fraction of sp³-hybridized carbons (Fsp3) is 0.667. The first-order valence-corrected chi connectivity index (χ1v) is 8.13. The zero-order valence-corrected chi connectivity index (χ0v) is 13.5. The summed E-state index contributed by atoms with van der Waals surface area (Å²) in [7, 11) is 0. The van der Waals surface area contributed by atoms with Gasteiger partial charge < -0.3 is 15.7 Å². The normalized spacial score (nSPS) is 22.5. The van der Waals surface area contributed by atoms with Crippen LogP contribution in [0.5, 0.6) is 0 Å². The molecule has 1 aromatic carbocycles. The van der Waals surface area contributed by atoms with Crippen molar-refractivity contribution < 1.29 is 5.11 Å². The molecular formula is C18H30N2O. The van der Waals surface area contributed by atoms with E-state index in [9.17, 15) is 5.11 Å². The van der Waals surface area contributed by atoms with Gasteiger partial charge in [-0.3, -0.25) is 0 Å². The standard InChI is InChI=1S/C18H30N2O/c1-17(2)9-6-12-20(13-10-17)14-11-18(19,15-21)16-7-4-3-5-8-16/h3-5,7-8,21H,6,9-15,19H2,1-2H3. The molecule has 0 radical (unpaired) electrons. The summed E-state index contributed by atoms with van der Waals surface area (Å²) in [5.74, 6) is 0. The maximum absolute atomic E-state index is 9.76. The number of likely N-dealkylation sites (tertiary alicyclic amines) is 1. The van der Waals surface area contributed by atoms with E-state index >= 15 is 0 Å². The number of rotatable bonds is 5. The van der Waals surface area contributed by atoms with Crippen LogP contribution < -0.4 is 5.73 Å². The largest absolute Gasteiger partial charge is 0.394 e. The molecule has 21 heavy (non-hydrogen) atoms. The van der Waals surface area contributed by atoms with Crippen LogP contribution >= 0.6 is 0 Å². The topological polar surface area (TPSA) is 49.5 Å². The summed E-state index contributed by atoms with van der Waals surface area (Å²) in [6.45, 7) is 7.98. The van der Waals surface area contributed by atoms with Crippen LogP contribution in [0.4, 0.5) is 0 Å². The number of aliphatic hydroxyl groups excluding tert-OH is 1. The summed E-state index contributed by atoms with van der Waals surface area (Å²) < 4.78 is 0. The van der Waals surface area contributed by atoms with Crippen LogP contribution in [0.3, 0.4) is 0 Å². The Morgan fingerprint density at radius 3 is 2.57 bits per heavy atom. The zero-order chi connectivity index (χ0) is 15.3. The Hall–Kier alpha value is -0.900. The first-order valence-electron chi connectivity index (χ1n) is 8.13. The quantitative estimate of drug-likeness (QED) is 0.876. The van der Waals surface area contributed by atoms with E-state index in [-0.39, 0.29) is 6.61 Å². The van der Waals surface area contributed by atoms with Crippen LogP contribution in [0.25, 0.3) is 0 Å². The highest BCUT2D eigenvalue weighted by atomic mass is 16.3. The Morgan fingerprint density at radius 2 is 1.90 bits per heavy atom. The summed E-state index contributed by atoms with van der Waals surface area (Å²) in [5, 5.41) is 9.76. The molecule has 1 aliphatic heterocycles. The SMILES string of the molecule is CC1(C)CCCN(CCC(N)(CO)c2ccccc2)CC1. The van der Waals surface area contributed by atoms with Crippen LogP contribution in [-0.4, -0.2) is 36.2 Å². The molecule has 0 aromatic heterocycles. The first-order chi connectivity index (χ1) is 9.95. The van der Waals surface area contributed by atoms with Gasteiger partial charge >= 0.3 is 0 Å². The summed E-state index contributed by atoms with van der Waals surface area (Å²) >= 11 is 0. The van der Waals surface area contributed by atoms with Gasteiger partial charge in [-0.15, -0.1) is 0 Å². The molecule has 118 valence electrons. The van der Waals surface area contributed by atoms with Crippen LogP contribution in [-0.2, 0) is 5.54 Å². The van der Waals surface area contributed by atoms with E-state index in [4.69, 9.17) is 5.73 Å². The van der Waals surface area contributed by atoms with Crippen LogP contribution in [0, 0.1) is 5.41 Å². The molecular weight excluding hydrogens is 260 g/mol. The summed E-state index contributed by atoms with van der Waals surface area (Å²) in [5.41, 5.74) is 7.32. The lowest BCUT2D eigenvalue weighted by Gasteiger charge is -2.31. The van der Waals surface area contributed by atoms with Gasteiger partial charge in [0.1, 0.15) is 0 Å². The molecule has 1 atom stereocenters. The van der Waals surface area contributed by atoms with E-state index in [0.29, 0.717) is 5.41 Å². The monoisotopic (exact) mass is 290 g/mol. The Morgan fingerprint density at radius 1 is 1.19 bits per heavy atom. The fourth-order valence-electron chi connectivity index (χ4n) is 3.14. The zero-order valence-electron chi connectivity index (χ0n) is 13.5. The molecule has 3 nitrogen and oxygen atoms in total. The van der Waals surface area contributed by atoms with Crippen molar-refractivity contribution in [3.8, 4) is 0 Å². The van der Waals surface area contributed by atoms with Crippen molar-refractivity contribution in [2.24, 2.45) is 11.1 Å². The molecule has 3 heteroatoms. The van der Waals surface area contributed by atoms with Gasteiger partial charge in [-0.05, 0) is 49.8 Å². The molecule has 0 spiro atoms. The number of benzene rings is 1. The Balaban J connectivity index is 1.94. The van der Waals surface area contributed by atoms with Gasteiger partial charge in [-0.2, -0.15) is 0 Å². The van der Waals surface area contributed by atoms with E-state index in [1.807, 2.05) is 30.3 Å². The second kappa shape index (κ2) is 6.91. The highest BCUT2D eigenvalue weighted by molar-refractivity contribution is 5.24. The molecule has 0 bridgehead atoms. The summed E-state index contributed by atoms with van der Waals surface area (Å²) in [6, 6.07) is 9.99. The third-order valence-electron chi connectivity index (χ3n) is 4.94. The van der Waals surface area contributed by atoms with E-state index in [0.717, 1.165) is 31.6 Å². The minimum Gasteiger partial charge on any atom is -0.394 e. The van der Waals surface area contributed by atoms with Gasteiger partial charge in [-0.25, -0.2) is 0 Å². The number of aliphatic hydroxyl groups is 1. The number of nitrogens with two attached hydrogens (primary N) is 1. The van der Waals surface area contributed by atoms with Crippen LogP contribution in [0.1, 0.15) is 45.1 Å². The van der Waals surface area contributed by atoms with Crippen molar-refractivity contribution in [2.75, 3.05) is 26.2 Å². The number of hydrogen-bond donors (Lipinski definition) is 2. The van der Waals surface area contributed by atoms with Gasteiger partial charge in [0.25, 0.3) is 0 Å². The summed E-state index contributed by atoms with van der Waals surface area (Å²) in [4.78, 5) is 2.51. The lowest BCUT2D eigenvalue weighted by molar-refractivity contribution is 0.162. The van der Waals surface area contributed by atoms with Crippen molar-refractivity contribution in [3.05, 3.63) is 35.9 Å². The Kier molecular flexibility index (Phi) is 5.42. The van der Waals surface area contributed by atoms with Crippen molar-refractivity contribution >= 4 is 0 Å². The van der Waals surface area contributed by atoms with Crippen molar-refractivity contribution in [1.82, 2.24) is 4.90 Å². The van der Waals surface area contributed by atoms with Crippen molar-refractivity contribution in [2.45, 2.75) is 45.1 Å². The minimum atomic E-state index is -0.622. The van der Waals surface area contributed by atoms with Gasteiger partial charge in [0.2, 0.25) is 0 Å². The van der Waals surface area contributed by atoms with Gasteiger partial charge in [-0.1, -0.05) is 44.2 Å². The molecule has 1 fully saturated rings. The molecule has 1 unspecified atom stereocenters. The molecule has 0 amide bonds. The molecule has 1 aliphatic rings. The number of nitrogens with zero attached hydrogens (tertiary/aromatic N) is 1. The predicted molar refractivity (Wildman–Crippen MR) is 88.1 cm³/mol. The third kappa shape index (κ3) is 4.53. The summed E-state index contributed by atoms with van der Waals surface area (Å²) in [6.07, 6.45) is 4.61. The second-order valence-corrected chi connectivity index (χ2v) is 7.29. The highest BCUT2D eigenvalue weighted by Crippen LogP contribution is 2.30.